The van der Waals surface area contributed by atoms with Crippen molar-refractivity contribution in [1.82, 2.24) is 68.7 Å². The molecule has 0 aliphatic carbocycles. The van der Waals surface area contributed by atoms with Gasteiger partial charge < -0.3 is 111 Å². The Balaban J connectivity index is 0.00000721. The number of rotatable bonds is 53. The van der Waals surface area contributed by atoms with Gasteiger partial charge in [0.25, 0.3) is 23.3 Å². The summed E-state index contributed by atoms with van der Waals surface area (Å²) in [6.07, 6.45) is 1.69. The summed E-state index contributed by atoms with van der Waals surface area (Å²) in [6, 6.07) is 12.0. The molecule has 12 amide bonds. The molecule has 1 aromatic heterocycles. The number of carbonyl (C=O) groups excluding carboxylic acids is 12. The topological polar surface area (TPSA) is 679 Å². The number of anilines is 1. The smallest absolute Gasteiger partial charge is 0.337 e. The van der Waals surface area contributed by atoms with Gasteiger partial charge >= 0.3 is 5.63 Å². The first-order valence-electron chi connectivity index (χ1n) is 42.8. The van der Waals surface area contributed by atoms with Gasteiger partial charge in [-0.05, 0) is 144 Å². The van der Waals surface area contributed by atoms with Crippen molar-refractivity contribution in [3.63, 3.8) is 0 Å². The molecule has 0 radical (unpaired) electrons. The van der Waals surface area contributed by atoms with Crippen LogP contribution < -0.4 is 102 Å². The van der Waals surface area contributed by atoms with Crippen molar-refractivity contribution in [2.24, 2.45) is 40.7 Å². The number of hydrogen-bond acceptors (Lipinski definition) is 24. The number of amides is 12. The van der Waals surface area contributed by atoms with E-state index in [2.05, 4.69) is 69.1 Å². The molecule has 11 atom stereocenters. The summed E-state index contributed by atoms with van der Waals surface area (Å²) in [6.45, 7) is 11.6. The molecular formula is C86H124N22O21. The summed E-state index contributed by atoms with van der Waals surface area (Å²) >= 11 is 0. The second kappa shape index (κ2) is 54.2. The highest BCUT2D eigenvalue weighted by Gasteiger charge is 2.42. The number of unbranched alkanes of at least 4 members (excludes halogenated alkanes) is 2. The maximum atomic E-state index is 15.3. The van der Waals surface area contributed by atoms with Gasteiger partial charge in [-0.2, -0.15) is 0 Å². The van der Waals surface area contributed by atoms with Crippen LogP contribution in [0.5, 0.6) is 5.75 Å². The van der Waals surface area contributed by atoms with Gasteiger partial charge in [0.15, 0.2) is 11.9 Å². The number of methoxy groups -OCH3 is 1. The van der Waals surface area contributed by atoms with Gasteiger partial charge in [0.05, 0.1) is 35.1 Å². The maximum Gasteiger partial charge on any atom is 0.337 e. The van der Waals surface area contributed by atoms with Crippen LogP contribution in [0, 0.1) is 48.8 Å². The number of guanidine groups is 2. The van der Waals surface area contributed by atoms with Crippen LogP contribution in [-0.2, 0) is 70.4 Å². The number of hydrogen-bond donors (Lipinski definition) is 20. The van der Waals surface area contributed by atoms with E-state index in [-0.39, 0.29) is 156 Å². The summed E-state index contributed by atoms with van der Waals surface area (Å²) in [5, 5.41) is 81.8. The number of carbonyl (C=O) groups is 13. The van der Waals surface area contributed by atoms with Gasteiger partial charge in [-0.15, -0.1) is 0 Å². The molecule has 0 saturated carbocycles. The first-order valence-corrected chi connectivity index (χ1v) is 42.8. The van der Waals surface area contributed by atoms with E-state index in [1.165, 1.54) is 30.2 Å². The fraction of sp³-hybridized carbons (Fsp3) is 0.512. The van der Waals surface area contributed by atoms with Gasteiger partial charge in [0.2, 0.25) is 65.0 Å². The lowest BCUT2D eigenvalue weighted by Gasteiger charge is -2.32. The molecule has 129 heavy (non-hydrogen) atoms. The normalized spacial score (nSPS) is 14.5. The number of nitro groups is 2. The minimum absolute atomic E-state index is 0.00529. The summed E-state index contributed by atoms with van der Waals surface area (Å²) in [7, 11) is 1.42. The fourth-order valence-electron chi connectivity index (χ4n) is 14.1. The van der Waals surface area contributed by atoms with Crippen molar-refractivity contribution in [3.8, 4) is 5.75 Å². The van der Waals surface area contributed by atoms with Crippen molar-refractivity contribution >= 4 is 117 Å². The lowest BCUT2D eigenvalue weighted by molar-refractivity contribution is -0.393. The van der Waals surface area contributed by atoms with E-state index in [1.54, 1.807) is 108 Å². The van der Waals surface area contributed by atoms with Crippen molar-refractivity contribution in [2.75, 3.05) is 51.7 Å². The Morgan fingerprint density at radius 2 is 1.05 bits per heavy atom. The van der Waals surface area contributed by atoms with Gasteiger partial charge in [0.1, 0.15) is 77.4 Å². The molecule has 2 heterocycles. The SMILES string of the molecule is CC(=O)O.CC[C@H](C)[C@H](NC(=O)[C@@H]1CCCN1C(=O)[C@H](CCCCN)NC(=O)CNC(=O)c1cc(=O)oc2cc(OC)ccc12)C(=O)N[C@@H](CC(C)C)C(=O)N[C@@H](Cc1ccccc1)C(=O)N[C@@H](Cc1ccccc1)C(=O)N[C@@H](CCCNC(=N)N)C(=O)N[C@@H](CC(C)C)C(=O)N[C@@H](CCCCNc1ccc([N+](=O)[O-])cc1[N+](=O)[O-])C(=O)N[C@H](CCCNC(=N)N)C(N)=O. The number of benzene rings is 4. The highest BCUT2D eigenvalue weighted by Crippen LogP contribution is 2.30. The highest BCUT2D eigenvalue weighted by molar-refractivity contribution is 6.07. The standard InChI is InChI=1S/C84H120N22O19.C2H4O2/c1-8-50(6)71(103-80(117)66-30-21-39-104(66)82(119)61(27-15-17-35-85)95-69(107)47-94-73(110)56-46-70(108)125-68-45-54(124-7)32-33-55(56)68)81(118)102-63(41-49(4)5)77(114)100-65(43-52-24-13-10-14-25-52)79(116)101-64(42-51-22-11-9-12-23-51)78(115)98-60(29-20-38-93-84(89)90)75(112)99-62(40-48(2)3)76(113)97-59(74(111)96-58(72(86)109)28-19-37-92-83(87)88)26-16-18-36-91-57-34-31-53(105(120)121)44-67(57)106(122)123;1-2(3)4/h9-14,22-25,31-34,44-46,48-50,58-66,71,91H,8,15-21,26-30,35-43,47,85H2,1-7H3,(H2,86,109)(H,94,110)(H,95,107)(H,96,111)(H,97,113)(H,98,115)(H,99,112)(H,100,114)(H,101,116)(H,102,118)(H,103,117)(H4,87,88,92)(H4,89,90,93);1H3,(H,3,4)/t50-,58+,59-,60-,61-,62-,63-,64-,65-,66-,71-;/m0./s1. The van der Waals surface area contributed by atoms with Crippen LogP contribution in [0.1, 0.15) is 166 Å². The Kier molecular flexibility index (Phi) is 44.4. The fourth-order valence-corrected chi connectivity index (χ4v) is 14.1. The average Bonchev–Trinajstić information content (AvgIpc) is 1.11. The molecule has 43 heteroatoms. The largest absolute Gasteiger partial charge is 0.497 e. The van der Waals surface area contributed by atoms with Crippen molar-refractivity contribution in [1.29, 1.82) is 10.8 Å². The van der Waals surface area contributed by atoms with Crippen LogP contribution in [0.3, 0.4) is 0 Å². The summed E-state index contributed by atoms with van der Waals surface area (Å²) in [4.78, 5) is 218. The molecule has 24 N–H and O–H groups in total. The predicted molar refractivity (Wildman–Crippen MR) is 478 cm³/mol. The van der Waals surface area contributed by atoms with Crippen LogP contribution in [0.15, 0.2) is 112 Å². The zero-order valence-electron chi connectivity index (χ0n) is 73.8. The monoisotopic (exact) mass is 1800 g/mol. The third-order valence-corrected chi connectivity index (χ3v) is 20.8. The van der Waals surface area contributed by atoms with Gasteiger partial charge in [-0.3, -0.25) is 93.4 Å². The molecular weight excluding hydrogens is 1680 g/mol. The lowest BCUT2D eigenvalue weighted by Crippen LogP contribution is -2.61. The van der Waals surface area contributed by atoms with E-state index in [9.17, 15) is 63.4 Å². The number of carboxylic acids is 1. The van der Waals surface area contributed by atoms with E-state index >= 15 is 19.2 Å². The molecule has 4 aromatic carbocycles. The highest BCUT2D eigenvalue weighted by atomic mass is 16.6. The number of likely N-dealkylation sites (tertiary alicyclic amines) is 1. The summed E-state index contributed by atoms with van der Waals surface area (Å²) in [5.41, 5.74) is 21.8. The number of primary amides is 1. The van der Waals surface area contributed by atoms with E-state index in [4.69, 9.17) is 52.8 Å². The summed E-state index contributed by atoms with van der Waals surface area (Å²) in [5.74, 6) is -12.2. The zero-order valence-corrected chi connectivity index (χ0v) is 73.8. The van der Waals surface area contributed by atoms with Crippen molar-refractivity contribution in [2.45, 2.75) is 218 Å². The van der Waals surface area contributed by atoms with Crippen LogP contribution in [0.25, 0.3) is 11.0 Å². The first kappa shape index (κ1) is 106. The predicted octanol–water partition coefficient (Wildman–Crippen LogP) is 1.84. The van der Waals surface area contributed by atoms with Crippen molar-refractivity contribution < 1.29 is 86.4 Å². The number of nitrogens with one attached hydrogen (secondary N) is 15. The van der Waals surface area contributed by atoms with E-state index in [0.29, 0.717) is 42.6 Å². The number of fused-ring (bicyclic) bond motifs is 1. The maximum absolute atomic E-state index is 15.3. The zero-order chi connectivity index (χ0) is 95.6. The molecule has 5 aromatic rings. The Morgan fingerprint density at radius 1 is 0.566 bits per heavy atom. The average molecular weight is 1800 g/mol. The number of non-ortho nitro benzene ring substituents is 1. The quantitative estimate of drug-likeness (QED) is 0.00659. The van der Waals surface area contributed by atoms with Gasteiger partial charge in [0, 0.05) is 69.5 Å². The van der Waals surface area contributed by atoms with Crippen LogP contribution in [0.2, 0.25) is 0 Å². The van der Waals surface area contributed by atoms with Gasteiger partial charge in [-0.1, -0.05) is 109 Å². The molecule has 0 unspecified atom stereocenters. The first-order chi connectivity index (χ1) is 61.2. The number of carboxylic acid groups (broad SMARTS) is 1. The second-order valence-electron chi connectivity index (χ2n) is 32.1. The van der Waals surface area contributed by atoms with Crippen molar-refractivity contribution in [3.05, 3.63) is 150 Å². The minimum atomic E-state index is -1.52. The molecule has 6 rings (SSSR count). The molecule has 0 bridgehead atoms. The molecule has 704 valence electrons. The molecule has 1 fully saturated rings. The van der Waals surface area contributed by atoms with E-state index in [1.807, 2.05) is 0 Å². The lowest BCUT2D eigenvalue weighted by atomic mass is 9.96. The third kappa shape index (κ3) is 36.5. The Labute approximate surface area is 746 Å². The van der Waals surface area contributed by atoms with E-state index < -0.39 is 183 Å². The summed E-state index contributed by atoms with van der Waals surface area (Å²) < 4.78 is 10.5. The Hall–Kier alpha value is -13.9. The number of ether oxygens (including phenoxy) is 1. The van der Waals surface area contributed by atoms with Crippen LogP contribution in [-0.4, -0.2) is 215 Å². The Morgan fingerprint density at radius 3 is 1.54 bits per heavy atom. The minimum Gasteiger partial charge on any atom is -0.497 e. The number of nitrogens with two attached hydrogens (primary N) is 4. The second-order valence-corrected chi connectivity index (χ2v) is 32.1. The number of aliphatic carboxylic acids is 1. The number of nitro benzene ring substituents is 2. The van der Waals surface area contributed by atoms with Gasteiger partial charge in [-0.25, -0.2) is 4.79 Å². The van der Waals surface area contributed by atoms with E-state index in [0.717, 1.165) is 25.1 Å². The third-order valence-electron chi connectivity index (χ3n) is 20.8. The molecule has 43 nitrogen and oxygen atoms in total. The molecule has 1 aliphatic heterocycles. The van der Waals surface area contributed by atoms with Crippen LogP contribution in [0.4, 0.5) is 17.1 Å². The molecule has 0 spiro atoms. The molecule has 1 aliphatic rings. The van der Waals surface area contributed by atoms with Crippen LogP contribution >= 0.6 is 0 Å². The Bertz CT molecular complexity index is 4750. The number of nitrogens with zero attached hydrogens (tertiary/aromatic N) is 3. The molecule has 1 saturated heterocycles.